The maximum absolute atomic E-state index is 12.7. The first kappa shape index (κ1) is 15.5. The van der Waals surface area contributed by atoms with Gasteiger partial charge in [0.15, 0.2) is 5.76 Å². The van der Waals surface area contributed by atoms with Gasteiger partial charge in [0, 0.05) is 28.9 Å². The van der Waals surface area contributed by atoms with Gasteiger partial charge in [-0.25, -0.2) is 4.98 Å². The van der Waals surface area contributed by atoms with Crippen molar-refractivity contribution in [1.82, 2.24) is 15.0 Å². The zero-order valence-corrected chi connectivity index (χ0v) is 14.9. The first-order valence-electron chi connectivity index (χ1n) is 7.90. The van der Waals surface area contributed by atoms with Crippen molar-refractivity contribution in [3.8, 4) is 10.6 Å². The van der Waals surface area contributed by atoms with Crippen molar-refractivity contribution >= 4 is 28.6 Å². The molecule has 5 nitrogen and oxygen atoms in total. The van der Waals surface area contributed by atoms with E-state index >= 15 is 0 Å². The van der Waals surface area contributed by atoms with Gasteiger partial charge in [-0.1, -0.05) is 5.16 Å². The Kier molecular flexibility index (Phi) is 4.20. The van der Waals surface area contributed by atoms with Gasteiger partial charge < -0.3 is 9.42 Å². The van der Waals surface area contributed by atoms with Gasteiger partial charge in [0.1, 0.15) is 5.01 Å². The number of aryl methyl sites for hydroxylation is 1. The molecule has 4 rings (SSSR count). The number of amides is 1. The summed E-state index contributed by atoms with van der Waals surface area (Å²) in [5, 5.41) is 11.0. The maximum atomic E-state index is 12.7. The van der Waals surface area contributed by atoms with Crippen LogP contribution in [0.4, 0.5) is 0 Å². The topological polar surface area (TPSA) is 59.2 Å². The Morgan fingerprint density at radius 1 is 1.46 bits per heavy atom. The Labute approximate surface area is 147 Å². The summed E-state index contributed by atoms with van der Waals surface area (Å²) in [6.45, 7) is 2.67. The predicted molar refractivity (Wildman–Crippen MR) is 94.1 cm³/mol. The van der Waals surface area contributed by atoms with Gasteiger partial charge in [-0.3, -0.25) is 4.79 Å². The summed E-state index contributed by atoms with van der Waals surface area (Å²) >= 11 is 3.24. The fourth-order valence-corrected chi connectivity index (χ4v) is 4.60. The molecule has 7 heteroatoms. The van der Waals surface area contributed by atoms with Crippen molar-refractivity contribution in [2.24, 2.45) is 0 Å². The Morgan fingerprint density at radius 2 is 2.38 bits per heavy atom. The quantitative estimate of drug-likeness (QED) is 0.704. The Bertz CT molecular complexity index is 838. The fraction of sp³-hybridized carbons (Fsp3) is 0.353. The van der Waals surface area contributed by atoms with E-state index in [-0.39, 0.29) is 11.9 Å². The smallest absolute Gasteiger partial charge is 0.229 e. The van der Waals surface area contributed by atoms with Crippen LogP contribution in [0, 0.1) is 6.92 Å². The molecule has 24 heavy (non-hydrogen) atoms. The summed E-state index contributed by atoms with van der Waals surface area (Å²) in [4.78, 5) is 19.2. The minimum absolute atomic E-state index is 0.00804. The van der Waals surface area contributed by atoms with E-state index in [2.05, 4.69) is 21.6 Å². The normalized spacial score (nSPS) is 17.5. The molecule has 0 N–H and O–H groups in total. The minimum Gasteiger partial charge on any atom is -0.359 e. The Morgan fingerprint density at radius 3 is 3.12 bits per heavy atom. The highest BCUT2D eigenvalue weighted by molar-refractivity contribution is 7.14. The number of likely N-dealkylation sites (tertiary alicyclic amines) is 1. The van der Waals surface area contributed by atoms with Crippen LogP contribution in [0.3, 0.4) is 0 Å². The average molecular weight is 359 g/mol. The van der Waals surface area contributed by atoms with E-state index in [4.69, 9.17) is 4.52 Å². The number of hydrogen-bond acceptors (Lipinski definition) is 6. The molecule has 1 fully saturated rings. The molecule has 0 bridgehead atoms. The van der Waals surface area contributed by atoms with Gasteiger partial charge in [-0.2, -0.15) is 11.3 Å². The van der Waals surface area contributed by atoms with Crippen LogP contribution >= 0.6 is 22.7 Å². The zero-order chi connectivity index (χ0) is 16.5. The van der Waals surface area contributed by atoms with Crippen LogP contribution in [-0.2, 0) is 11.2 Å². The van der Waals surface area contributed by atoms with E-state index in [1.54, 1.807) is 22.7 Å². The number of carbonyl (C=O) groups excluding carboxylic acids is 1. The molecule has 1 aliphatic rings. The monoisotopic (exact) mass is 359 g/mol. The molecule has 1 aliphatic heterocycles. The molecule has 3 aromatic rings. The van der Waals surface area contributed by atoms with Crippen molar-refractivity contribution in [2.75, 3.05) is 6.54 Å². The first-order chi connectivity index (χ1) is 11.7. The number of carbonyl (C=O) groups is 1. The predicted octanol–water partition coefficient (Wildman–Crippen LogP) is 4.07. The van der Waals surface area contributed by atoms with Crippen molar-refractivity contribution in [3.63, 3.8) is 0 Å². The SMILES string of the molecule is Cc1cc([C@H]2CCCN2C(=O)Cc2csc(-c3ccsc3)n2)on1. The van der Waals surface area contributed by atoms with Crippen molar-refractivity contribution in [2.45, 2.75) is 32.2 Å². The number of aromatic nitrogens is 2. The lowest BCUT2D eigenvalue weighted by Gasteiger charge is -2.22. The van der Waals surface area contributed by atoms with Crippen molar-refractivity contribution < 1.29 is 9.32 Å². The van der Waals surface area contributed by atoms with Crippen LogP contribution < -0.4 is 0 Å². The zero-order valence-electron chi connectivity index (χ0n) is 13.3. The van der Waals surface area contributed by atoms with Gasteiger partial charge in [0.05, 0.1) is 23.9 Å². The van der Waals surface area contributed by atoms with E-state index in [1.807, 2.05) is 28.7 Å². The van der Waals surface area contributed by atoms with Gasteiger partial charge in [0.2, 0.25) is 5.91 Å². The molecule has 4 heterocycles. The van der Waals surface area contributed by atoms with Gasteiger partial charge >= 0.3 is 0 Å². The van der Waals surface area contributed by atoms with Crippen molar-refractivity contribution in [1.29, 1.82) is 0 Å². The summed E-state index contributed by atoms with van der Waals surface area (Å²) in [6.07, 6.45) is 2.26. The molecule has 0 spiro atoms. The van der Waals surface area contributed by atoms with Gasteiger partial charge in [-0.05, 0) is 31.2 Å². The summed E-state index contributed by atoms with van der Waals surface area (Å²) in [5.74, 6) is 0.893. The van der Waals surface area contributed by atoms with Crippen LogP contribution in [0.1, 0.15) is 36.0 Å². The third-order valence-corrected chi connectivity index (χ3v) is 5.82. The third kappa shape index (κ3) is 3.01. The van der Waals surface area contributed by atoms with Gasteiger partial charge in [-0.15, -0.1) is 11.3 Å². The highest BCUT2D eigenvalue weighted by atomic mass is 32.1. The lowest BCUT2D eigenvalue weighted by Crippen LogP contribution is -2.31. The number of hydrogen-bond donors (Lipinski definition) is 0. The molecule has 0 aliphatic carbocycles. The largest absolute Gasteiger partial charge is 0.359 e. The molecule has 0 saturated carbocycles. The molecule has 0 unspecified atom stereocenters. The van der Waals surface area contributed by atoms with Crippen LogP contribution in [0.2, 0.25) is 0 Å². The second-order valence-electron chi connectivity index (χ2n) is 5.95. The summed E-state index contributed by atoms with van der Waals surface area (Å²) < 4.78 is 5.38. The number of thiophene rings is 1. The fourth-order valence-electron chi connectivity index (χ4n) is 3.06. The molecular weight excluding hydrogens is 342 g/mol. The second kappa shape index (κ2) is 6.49. The Balaban J connectivity index is 1.47. The average Bonchev–Trinajstić information content (AvgIpc) is 3.34. The summed E-state index contributed by atoms with van der Waals surface area (Å²) in [7, 11) is 0. The van der Waals surface area contributed by atoms with E-state index in [0.717, 1.165) is 47.1 Å². The number of rotatable bonds is 4. The van der Waals surface area contributed by atoms with E-state index in [9.17, 15) is 4.79 Å². The minimum atomic E-state index is 0.00804. The van der Waals surface area contributed by atoms with Gasteiger partial charge in [0.25, 0.3) is 0 Å². The molecule has 3 aromatic heterocycles. The van der Waals surface area contributed by atoms with E-state index in [0.29, 0.717) is 6.42 Å². The summed E-state index contributed by atoms with van der Waals surface area (Å²) in [6, 6.07) is 3.99. The molecular formula is C17H17N3O2S2. The molecule has 1 amide bonds. The van der Waals surface area contributed by atoms with Crippen LogP contribution in [0.5, 0.6) is 0 Å². The lowest BCUT2D eigenvalue weighted by atomic mass is 10.1. The van der Waals surface area contributed by atoms with E-state index < -0.39 is 0 Å². The lowest BCUT2D eigenvalue weighted by molar-refractivity contribution is -0.131. The van der Waals surface area contributed by atoms with Crippen LogP contribution in [-0.4, -0.2) is 27.5 Å². The third-order valence-electron chi connectivity index (χ3n) is 4.20. The second-order valence-corrected chi connectivity index (χ2v) is 7.59. The van der Waals surface area contributed by atoms with Crippen LogP contribution in [0.15, 0.2) is 32.8 Å². The Hall–Kier alpha value is -1.99. The first-order valence-corrected chi connectivity index (χ1v) is 9.72. The highest BCUT2D eigenvalue weighted by Crippen LogP contribution is 2.33. The van der Waals surface area contributed by atoms with Crippen LogP contribution in [0.25, 0.3) is 10.6 Å². The number of thiazole rings is 1. The molecule has 124 valence electrons. The van der Waals surface area contributed by atoms with Crippen molar-refractivity contribution in [3.05, 3.63) is 45.4 Å². The maximum Gasteiger partial charge on any atom is 0.229 e. The molecule has 0 aromatic carbocycles. The number of nitrogens with zero attached hydrogens (tertiary/aromatic N) is 3. The molecule has 1 saturated heterocycles. The van der Waals surface area contributed by atoms with E-state index in [1.165, 1.54) is 0 Å². The molecule has 1 atom stereocenters. The summed E-state index contributed by atoms with van der Waals surface area (Å²) in [5.41, 5.74) is 2.81. The molecule has 0 radical (unpaired) electrons. The highest BCUT2D eigenvalue weighted by Gasteiger charge is 2.32. The standard InChI is InChI=1S/C17H17N3O2S2/c1-11-7-15(22-19-11)14-3-2-5-20(14)16(21)8-13-10-24-17(18-13)12-4-6-23-9-12/h4,6-7,9-10,14H,2-3,5,8H2,1H3/t14-/m1/s1.